The van der Waals surface area contributed by atoms with Gasteiger partial charge in [-0.3, -0.25) is 9.52 Å². The van der Waals surface area contributed by atoms with Crippen molar-refractivity contribution in [1.82, 2.24) is 0 Å². The molecule has 2 aromatic rings. The third-order valence-corrected chi connectivity index (χ3v) is 6.33. The van der Waals surface area contributed by atoms with E-state index in [0.717, 1.165) is 25.7 Å². The molecule has 1 heterocycles. The Morgan fingerprint density at radius 1 is 1.07 bits per heavy atom. The molecule has 0 radical (unpaired) electrons. The van der Waals surface area contributed by atoms with Gasteiger partial charge in [0.2, 0.25) is 5.91 Å². The molecule has 29 heavy (non-hydrogen) atoms. The summed E-state index contributed by atoms with van der Waals surface area (Å²) in [5, 5.41) is 2.60. The van der Waals surface area contributed by atoms with Gasteiger partial charge in [0, 0.05) is 31.9 Å². The molecule has 2 aromatic carbocycles. The topological polar surface area (TPSA) is 103 Å². The second kappa shape index (κ2) is 7.14. The smallest absolute Gasteiger partial charge is 0.262 e. The van der Waals surface area contributed by atoms with E-state index >= 15 is 0 Å². The van der Waals surface area contributed by atoms with Crippen molar-refractivity contribution in [3.05, 3.63) is 36.4 Å². The molecule has 1 amide bonds. The van der Waals surface area contributed by atoms with Crippen LogP contribution in [0.5, 0.6) is 17.2 Å². The minimum absolute atomic E-state index is 0.00776. The minimum Gasteiger partial charge on any atom is -0.495 e. The first-order chi connectivity index (χ1) is 13.8. The largest absolute Gasteiger partial charge is 0.495 e. The molecule has 154 valence electrons. The number of amides is 1. The fourth-order valence-corrected chi connectivity index (χ4v) is 4.69. The summed E-state index contributed by atoms with van der Waals surface area (Å²) in [6.07, 6.45) is 3.74. The van der Waals surface area contributed by atoms with Crippen LogP contribution in [0.4, 0.5) is 11.4 Å². The van der Waals surface area contributed by atoms with E-state index in [-0.39, 0.29) is 16.6 Å². The molecule has 1 aliphatic carbocycles. The molecular weight excluding hydrogens is 396 g/mol. The summed E-state index contributed by atoms with van der Waals surface area (Å²) >= 11 is 0. The monoisotopic (exact) mass is 418 g/mol. The third kappa shape index (κ3) is 3.82. The number of methoxy groups -OCH3 is 1. The molecule has 9 heteroatoms. The van der Waals surface area contributed by atoms with Crippen LogP contribution in [-0.2, 0) is 14.8 Å². The van der Waals surface area contributed by atoms with Gasteiger partial charge in [-0.2, -0.15) is 0 Å². The van der Waals surface area contributed by atoms with Crippen molar-refractivity contribution in [2.45, 2.75) is 43.3 Å². The fraction of sp³-hybridized carbons (Fsp3) is 0.350. The van der Waals surface area contributed by atoms with Gasteiger partial charge >= 0.3 is 0 Å². The number of nitrogens with one attached hydrogen (secondary N) is 2. The molecule has 1 spiro atoms. The van der Waals surface area contributed by atoms with Crippen LogP contribution in [0.1, 0.15) is 32.6 Å². The lowest BCUT2D eigenvalue weighted by Gasteiger charge is -2.21. The standard InChI is InChI=1S/C20H22N2O6S/c1-13(23)21-16-7-6-15(12-18(16)26-2)29(24,25)22-14-5-8-17-19(11-14)28-20(27-17)9-3-4-10-20/h5-8,11-12,22H,3-4,9-10H2,1-2H3,(H,21,23). The highest BCUT2D eigenvalue weighted by atomic mass is 32.2. The summed E-state index contributed by atoms with van der Waals surface area (Å²) in [7, 11) is -2.47. The normalized spacial score (nSPS) is 16.6. The quantitative estimate of drug-likeness (QED) is 0.770. The van der Waals surface area contributed by atoms with Crippen LogP contribution in [0.3, 0.4) is 0 Å². The highest BCUT2D eigenvalue weighted by Crippen LogP contribution is 2.47. The van der Waals surface area contributed by atoms with Gasteiger partial charge in [-0.05, 0) is 37.1 Å². The Bertz CT molecular complexity index is 1060. The van der Waals surface area contributed by atoms with Crippen molar-refractivity contribution in [3.63, 3.8) is 0 Å². The van der Waals surface area contributed by atoms with Crippen LogP contribution in [0.25, 0.3) is 0 Å². The fourth-order valence-electron chi connectivity index (χ4n) is 3.62. The molecule has 2 N–H and O–H groups in total. The molecule has 1 aliphatic heterocycles. The molecule has 4 rings (SSSR count). The number of benzene rings is 2. The maximum Gasteiger partial charge on any atom is 0.262 e. The zero-order valence-electron chi connectivity index (χ0n) is 16.2. The van der Waals surface area contributed by atoms with Crippen LogP contribution in [0.2, 0.25) is 0 Å². The van der Waals surface area contributed by atoms with E-state index in [1.54, 1.807) is 18.2 Å². The van der Waals surface area contributed by atoms with E-state index in [1.807, 2.05) is 0 Å². The summed E-state index contributed by atoms with van der Waals surface area (Å²) in [6.45, 7) is 1.36. The predicted octanol–water partition coefficient (Wildman–Crippen LogP) is 3.50. The van der Waals surface area contributed by atoms with E-state index in [1.165, 1.54) is 32.2 Å². The number of fused-ring (bicyclic) bond motifs is 1. The third-order valence-electron chi connectivity index (χ3n) is 4.95. The van der Waals surface area contributed by atoms with Crippen molar-refractivity contribution in [2.75, 3.05) is 17.1 Å². The lowest BCUT2D eigenvalue weighted by atomic mass is 10.2. The Kier molecular flexibility index (Phi) is 4.77. The predicted molar refractivity (Wildman–Crippen MR) is 107 cm³/mol. The first-order valence-electron chi connectivity index (χ1n) is 9.31. The van der Waals surface area contributed by atoms with E-state index in [0.29, 0.717) is 22.9 Å². The van der Waals surface area contributed by atoms with Gasteiger partial charge < -0.3 is 19.5 Å². The minimum atomic E-state index is -3.88. The molecule has 2 aliphatic rings. The Balaban J connectivity index is 1.56. The number of rotatable bonds is 5. The van der Waals surface area contributed by atoms with E-state index in [4.69, 9.17) is 14.2 Å². The Labute approximate surface area is 169 Å². The molecule has 0 aromatic heterocycles. The number of hydrogen-bond acceptors (Lipinski definition) is 6. The van der Waals surface area contributed by atoms with Crippen LogP contribution >= 0.6 is 0 Å². The zero-order valence-corrected chi connectivity index (χ0v) is 17.0. The number of carbonyl (C=O) groups excluding carboxylic acids is 1. The molecule has 1 saturated carbocycles. The highest BCUT2D eigenvalue weighted by Gasteiger charge is 2.44. The Hall–Kier alpha value is -2.94. The molecule has 0 saturated heterocycles. The summed E-state index contributed by atoms with van der Waals surface area (Å²) in [5.74, 6) is 0.517. The molecule has 0 unspecified atom stereocenters. The molecular formula is C20H22N2O6S. The summed E-state index contributed by atoms with van der Waals surface area (Å²) in [6, 6.07) is 9.21. The molecule has 8 nitrogen and oxygen atoms in total. The van der Waals surface area contributed by atoms with Gasteiger partial charge in [0.05, 0.1) is 23.4 Å². The summed E-state index contributed by atoms with van der Waals surface area (Å²) in [5.41, 5.74) is 0.760. The van der Waals surface area contributed by atoms with Crippen molar-refractivity contribution in [1.29, 1.82) is 0 Å². The SMILES string of the molecule is COc1cc(S(=O)(=O)Nc2ccc3c(c2)OC2(CCCC2)O3)ccc1NC(C)=O. The number of sulfonamides is 1. The number of ether oxygens (including phenoxy) is 3. The van der Waals surface area contributed by atoms with E-state index < -0.39 is 15.8 Å². The first kappa shape index (κ1) is 19.4. The zero-order chi connectivity index (χ0) is 20.6. The maximum atomic E-state index is 12.8. The van der Waals surface area contributed by atoms with Crippen LogP contribution in [0, 0.1) is 0 Å². The van der Waals surface area contributed by atoms with Gasteiger partial charge in [-0.25, -0.2) is 8.42 Å². The van der Waals surface area contributed by atoms with Crippen molar-refractivity contribution in [2.24, 2.45) is 0 Å². The molecule has 0 bridgehead atoms. The van der Waals surface area contributed by atoms with Crippen molar-refractivity contribution in [3.8, 4) is 17.2 Å². The van der Waals surface area contributed by atoms with Crippen molar-refractivity contribution >= 4 is 27.3 Å². The lowest BCUT2D eigenvalue weighted by Crippen LogP contribution is -2.34. The van der Waals surface area contributed by atoms with Gasteiger partial charge in [-0.1, -0.05) is 0 Å². The van der Waals surface area contributed by atoms with E-state index in [9.17, 15) is 13.2 Å². The van der Waals surface area contributed by atoms with Crippen molar-refractivity contribution < 1.29 is 27.4 Å². The number of carbonyl (C=O) groups is 1. The van der Waals surface area contributed by atoms with Gasteiger partial charge in [0.25, 0.3) is 15.8 Å². The van der Waals surface area contributed by atoms with Gasteiger partial charge in [0.1, 0.15) is 5.75 Å². The van der Waals surface area contributed by atoms with E-state index in [2.05, 4.69) is 10.0 Å². The van der Waals surface area contributed by atoms with Crippen LogP contribution in [0.15, 0.2) is 41.3 Å². The lowest BCUT2D eigenvalue weighted by molar-refractivity contribution is -0.114. The molecule has 0 atom stereocenters. The second-order valence-corrected chi connectivity index (χ2v) is 8.81. The number of anilines is 2. The average Bonchev–Trinajstić information content (AvgIpc) is 3.26. The second-order valence-electron chi connectivity index (χ2n) is 7.13. The number of hydrogen-bond donors (Lipinski definition) is 2. The maximum absolute atomic E-state index is 12.8. The molecule has 1 fully saturated rings. The van der Waals surface area contributed by atoms with Crippen LogP contribution < -0.4 is 24.2 Å². The first-order valence-corrected chi connectivity index (χ1v) is 10.8. The highest BCUT2D eigenvalue weighted by molar-refractivity contribution is 7.92. The summed E-state index contributed by atoms with van der Waals surface area (Å²) in [4.78, 5) is 11.3. The van der Waals surface area contributed by atoms with Crippen LogP contribution in [-0.4, -0.2) is 27.2 Å². The Morgan fingerprint density at radius 2 is 1.79 bits per heavy atom. The van der Waals surface area contributed by atoms with Gasteiger partial charge in [0.15, 0.2) is 11.5 Å². The van der Waals surface area contributed by atoms with Gasteiger partial charge in [-0.15, -0.1) is 0 Å². The summed E-state index contributed by atoms with van der Waals surface area (Å²) < 4.78 is 45.3. The Morgan fingerprint density at radius 3 is 2.48 bits per heavy atom. The average molecular weight is 418 g/mol.